The molecule has 0 atom stereocenters. The lowest BCUT2D eigenvalue weighted by atomic mass is 10.1. The molecule has 0 saturated heterocycles. The van der Waals surface area contributed by atoms with E-state index >= 15 is 0 Å². The second-order valence-electron chi connectivity index (χ2n) is 4.99. The molecule has 2 aromatic rings. The zero-order chi connectivity index (χ0) is 16.7. The van der Waals surface area contributed by atoms with Gasteiger partial charge in [-0.15, -0.1) is 11.3 Å². The van der Waals surface area contributed by atoms with Gasteiger partial charge < -0.3 is 9.47 Å². The number of ether oxygens (including phenoxy) is 2. The van der Waals surface area contributed by atoms with Crippen molar-refractivity contribution in [1.82, 2.24) is 4.98 Å². The fraction of sp³-hybridized carbons (Fsp3) is 0.375. The van der Waals surface area contributed by atoms with Crippen LogP contribution >= 0.6 is 11.3 Å². The van der Waals surface area contributed by atoms with Crippen LogP contribution < -0.4 is 5.32 Å². The van der Waals surface area contributed by atoms with Gasteiger partial charge in [0.25, 0.3) is 5.91 Å². The van der Waals surface area contributed by atoms with E-state index in [1.807, 2.05) is 6.07 Å². The molecule has 1 aromatic heterocycles. The molecule has 7 heteroatoms. The number of nitrogens with zero attached hydrogens (tertiary/aromatic N) is 1. The molecular weight excluding hydrogens is 319 g/mol. The summed E-state index contributed by atoms with van der Waals surface area (Å²) in [6.45, 7) is 2.50. The van der Waals surface area contributed by atoms with Crippen LogP contribution in [-0.4, -0.2) is 37.8 Å². The van der Waals surface area contributed by atoms with Crippen LogP contribution in [0.15, 0.2) is 24.4 Å². The van der Waals surface area contributed by atoms with E-state index in [9.17, 15) is 9.18 Å². The first-order valence-electron chi connectivity index (χ1n) is 7.14. The van der Waals surface area contributed by atoms with Gasteiger partial charge in [-0.1, -0.05) is 12.1 Å². The highest BCUT2D eigenvalue weighted by Gasteiger charge is 2.08. The van der Waals surface area contributed by atoms with Crippen molar-refractivity contribution in [1.29, 1.82) is 0 Å². The fourth-order valence-corrected chi connectivity index (χ4v) is 2.72. The Kier molecular flexibility index (Phi) is 6.64. The molecule has 5 nitrogen and oxygen atoms in total. The summed E-state index contributed by atoms with van der Waals surface area (Å²) in [5.74, 6) is -0.475. The number of benzene rings is 1. The normalized spacial score (nSPS) is 10.7. The summed E-state index contributed by atoms with van der Waals surface area (Å²) in [6, 6.07) is 5.17. The van der Waals surface area contributed by atoms with E-state index in [2.05, 4.69) is 10.3 Å². The maximum atomic E-state index is 13.5. The lowest BCUT2D eigenvalue weighted by Crippen LogP contribution is -2.19. The van der Waals surface area contributed by atoms with Gasteiger partial charge in [0.2, 0.25) is 0 Å². The summed E-state index contributed by atoms with van der Waals surface area (Å²) in [5, 5.41) is 3.18. The summed E-state index contributed by atoms with van der Waals surface area (Å²) in [4.78, 5) is 16.8. The Hall–Kier alpha value is -1.83. The second-order valence-corrected chi connectivity index (χ2v) is 6.10. The molecule has 1 N–H and O–H groups in total. The Labute approximate surface area is 138 Å². The van der Waals surface area contributed by atoms with Gasteiger partial charge in [-0.2, -0.15) is 0 Å². The summed E-state index contributed by atoms with van der Waals surface area (Å²) < 4.78 is 23.5. The molecule has 1 heterocycles. The molecule has 0 bridgehead atoms. The molecule has 1 amide bonds. The van der Waals surface area contributed by atoms with Crippen molar-refractivity contribution in [3.63, 3.8) is 0 Å². The highest BCUT2D eigenvalue weighted by atomic mass is 32.1. The maximum absolute atomic E-state index is 13.5. The van der Waals surface area contributed by atoms with Crippen LogP contribution in [0.2, 0.25) is 0 Å². The van der Waals surface area contributed by atoms with Crippen LogP contribution in [0.1, 0.15) is 16.0 Å². The largest absolute Gasteiger partial charge is 0.382 e. The van der Waals surface area contributed by atoms with Crippen LogP contribution in [0, 0.1) is 12.7 Å². The summed E-state index contributed by atoms with van der Waals surface area (Å²) in [6.07, 6.45) is 2.26. The number of halogens is 1. The minimum Gasteiger partial charge on any atom is -0.382 e. The maximum Gasteiger partial charge on any atom is 0.252 e. The Morgan fingerprint density at radius 2 is 2.22 bits per heavy atom. The molecule has 0 aliphatic carbocycles. The zero-order valence-electron chi connectivity index (χ0n) is 13.1. The third kappa shape index (κ3) is 5.70. The van der Waals surface area contributed by atoms with Crippen molar-refractivity contribution in [2.45, 2.75) is 13.3 Å². The average Bonchev–Trinajstić information content (AvgIpc) is 2.94. The van der Waals surface area contributed by atoms with Gasteiger partial charge in [0.15, 0.2) is 5.13 Å². The van der Waals surface area contributed by atoms with E-state index in [0.717, 1.165) is 10.4 Å². The molecule has 0 saturated carbocycles. The van der Waals surface area contributed by atoms with Gasteiger partial charge in [-0.05, 0) is 24.1 Å². The van der Waals surface area contributed by atoms with Gasteiger partial charge in [-0.25, -0.2) is 9.37 Å². The highest BCUT2D eigenvalue weighted by Crippen LogP contribution is 2.22. The van der Waals surface area contributed by atoms with Crippen LogP contribution in [0.4, 0.5) is 9.52 Å². The van der Waals surface area contributed by atoms with E-state index in [0.29, 0.717) is 30.3 Å². The molecule has 2 rings (SSSR count). The van der Waals surface area contributed by atoms with Crippen LogP contribution in [0.25, 0.3) is 0 Å². The molecule has 0 radical (unpaired) electrons. The first kappa shape index (κ1) is 17.5. The van der Waals surface area contributed by atoms with Crippen molar-refractivity contribution in [2.75, 3.05) is 32.2 Å². The molecule has 0 aliphatic rings. The number of anilines is 1. The molecule has 0 aliphatic heterocycles. The summed E-state index contributed by atoms with van der Waals surface area (Å²) >= 11 is 1.36. The number of hydrogen-bond acceptors (Lipinski definition) is 5. The lowest BCUT2D eigenvalue weighted by molar-refractivity contribution is -0.121. The number of aromatic nitrogens is 1. The summed E-state index contributed by atoms with van der Waals surface area (Å²) in [7, 11) is 1.57. The first-order valence-corrected chi connectivity index (χ1v) is 7.96. The molecule has 1 aromatic carbocycles. The van der Waals surface area contributed by atoms with E-state index < -0.39 is 0 Å². The van der Waals surface area contributed by atoms with Crippen molar-refractivity contribution in [2.24, 2.45) is 0 Å². The number of carbonyl (C=O) groups excluding carboxylic acids is 1. The predicted octanol–water partition coefficient (Wildman–Crippen LogP) is 2.78. The number of methoxy groups -OCH3 is 1. The predicted molar refractivity (Wildman–Crippen MR) is 87.4 cm³/mol. The third-order valence-electron chi connectivity index (χ3n) is 3.08. The SMILES string of the molecule is COCCOCC(=O)Nc1ncc(Cc2ccc(C)c(F)c2)s1. The number of thiazole rings is 1. The fourth-order valence-electron chi connectivity index (χ4n) is 1.86. The molecule has 0 unspecified atom stereocenters. The zero-order valence-corrected chi connectivity index (χ0v) is 13.9. The van der Waals surface area contributed by atoms with Gasteiger partial charge in [0.05, 0.1) is 13.2 Å². The Morgan fingerprint density at radius 3 is 2.96 bits per heavy atom. The van der Waals surface area contributed by atoms with Gasteiger partial charge in [-0.3, -0.25) is 10.1 Å². The Bertz CT molecular complexity index is 661. The van der Waals surface area contributed by atoms with Crippen LogP contribution in [-0.2, 0) is 20.7 Å². The van der Waals surface area contributed by atoms with Gasteiger partial charge in [0, 0.05) is 24.6 Å². The minimum atomic E-state index is -0.261. The van der Waals surface area contributed by atoms with E-state index in [-0.39, 0.29) is 18.3 Å². The molecule has 124 valence electrons. The highest BCUT2D eigenvalue weighted by molar-refractivity contribution is 7.15. The number of amides is 1. The Balaban J connectivity index is 1.85. The minimum absolute atomic E-state index is 0.0402. The first-order chi connectivity index (χ1) is 11.1. The second kappa shape index (κ2) is 8.71. The van der Waals surface area contributed by atoms with E-state index in [4.69, 9.17) is 9.47 Å². The molecule has 0 fully saturated rings. The van der Waals surface area contributed by atoms with E-state index in [1.54, 1.807) is 26.3 Å². The van der Waals surface area contributed by atoms with Crippen molar-refractivity contribution < 1.29 is 18.7 Å². The lowest BCUT2D eigenvalue weighted by Gasteiger charge is -2.03. The smallest absolute Gasteiger partial charge is 0.252 e. The summed E-state index contributed by atoms with van der Waals surface area (Å²) in [5.41, 5.74) is 1.50. The quantitative estimate of drug-likeness (QED) is 0.752. The van der Waals surface area contributed by atoms with Crippen LogP contribution in [0.3, 0.4) is 0 Å². The third-order valence-corrected chi connectivity index (χ3v) is 3.99. The van der Waals surface area contributed by atoms with Crippen molar-refractivity contribution in [3.8, 4) is 0 Å². The van der Waals surface area contributed by atoms with Crippen LogP contribution in [0.5, 0.6) is 0 Å². The molecule has 0 spiro atoms. The van der Waals surface area contributed by atoms with Gasteiger partial charge in [0.1, 0.15) is 12.4 Å². The monoisotopic (exact) mass is 338 g/mol. The van der Waals surface area contributed by atoms with Crippen molar-refractivity contribution >= 4 is 22.4 Å². The topological polar surface area (TPSA) is 60.5 Å². The standard InChI is InChI=1S/C16H19FN2O3S/c1-11-3-4-12(8-14(11)17)7-13-9-18-16(23-13)19-15(20)10-22-6-5-21-2/h3-4,8-9H,5-7,10H2,1-2H3,(H,18,19,20). The van der Waals surface area contributed by atoms with Crippen molar-refractivity contribution in [3.05, 3.63) is 46.2 Å². The number of aryl methyl sites for hydroxylation is 1. The number of rotatable bonds is 8. The molecular formula is C16H19FN2O3S. The average molecular weight is 338 g/mol. The Morgan fingerprint density at radius 1 is 1.39 bits per heavy atom. The number of nitrogens with one attached hydrogen (secondary N) is 1. The molecule has 23 heavy (non-hydrogen) atoms. The van der Waals surface area contributed by atoms with Gasteiger partial charge >= 0.3 is 0 Å². The van der Waals surface area contributed by atoms with E-state index in [1.165, 1.54) is 17.4 Å². The number of carbonyl (C=O) groups is 1. The number of hydrogen-bond donors (Lipinski definition) is 1.